The van der Waals surface area contributed by atoms with E-state index in [-0.39, 0.29) is 17.2 Å². The Labute approximate surface area is 153 Å². The number of nitrogens with zero attached hydrogens (tertiary/aromatic N) is 2. The number of hydrogen-bond donors (Lipinski definition) is 1. The summed E-state index contributed by atoms with van der Waals surface area (Å²) in [6.45, 7) is 1.42. The highest BCUT2D eigenvalue weighted by atomic mass is 16.5. The fourth-order valence-electron chi connectivity index (χ4n) is 4.11. The summed E-state index contributed by atoms with van der Waals surface area (Å²) in [6, 6.07) is 3.40. The summed E-state index contributed by atoms with van der Waals surface area (Å²) in [5.74, 6) is 1.26. The van der Waals surface area contributed by atoms with E-state index in [9.17, 15) is 9.59 Å². The second kappa shape index (κ2) is 6.74. The fraction of sp³-hybridized carbons (Fsp3) is 0.550. The smallest absolute Gasteiger partial charge is 0.252 e. The predicted molar refractivity (Wildman–Crippen MR) is 96.5 cm³/mol. The topological polar surface area (TPSA) is 71.5 Å². The molecule has 1 saturated heterocycles. The van der Waals surface area contributed by atoms with Crippen molar-refractivity contribution in [1.82, 2.24) is 15.2 Å². The normalized spacial score (nSPS) is 24.9. The van der Waals surface area contributed by atoms with Gasteiger partial charge in [-0.2, -0.15) is 0 Å². The Kier molecular flexibility index (Phi) is 4.42. The van der Waals surface area contributed by atoms with Gasteiger partial charge in [-0.25, -0.2) is 4.98 Å². The first kappa shape index (κ1) is 17.1. The highest BCUT2D eigenvalue weighted by Gasteiger charge is 2.46. The molecule has 2 amide bonds. The molecular formula is C20H25N3O3. The standard InChI is InChI=1S/C20H25N3O3/c1-26-17-7-6-15(11-21-17)19(25)22-13-20-9-2-3-16(20)23(12-14-4-5-14)18(24)8-10-20/h3,6-7,11,14H,2,4-5,8-10,12-13H2,1H3,(H,22,25). The minimum absolute atomic E-state index is 0.0989. The van der Waals surface area contributed by atoms with Gasteiger partial charge in [0.15, 0.2) is 0 Å². The molecule has 0 spiro atoms. The molecule has 2 aliphatic carbocycles. The van der Waals surface area contributed by atoms with Gasteiger partial charge in [0.1, 0.15) is 0 Å². The number of allylic oxidation sites excluding steroid dienone is 1. The van der Waals surface area contributed by atoms with Crippen molar-refractivity contribution in [2.45, 2.75) is 38.5 Å². The van der Waals surface area contributed by atoms with Crippen LogP contribution in [0.2, 0.25) is 0 Å². The lowest BCUT2D eigenvalue weighted by Gasteiger charge is -2.42. The van der Waals surface area contributed by atoms with Crippen LogP contribution in [0.1, 0.15) is 48.9 Å². The monoisotopic (exact) mass is 355 g/mol. The minimum atomic E-state index is -0.133. The molecule has 3 aliphatic rings. The summed E-state index contributed by atoms with van der Waals surface area (Å²) in [7, 11) is 1.55. The van der Waals surface area contributed by atoms with E-state index < -0.39 is 0 Å². The lowest BCUT2D eigenvalue weighted by Crippen LogP contribution is -2.48. The van der Waals surface area contributed by atoms with Gasteiger partial charge in [-0.3, -0.25) is 9.59 Å². The third-order valence-electron chi connectivity index (χ3n) is 5.85. The second-order valence-electron chi connectivity index (χ2n) is 7.63. The van der Waals surface area contributed by atoms with Crippen molar-refractivity contribution in [3.63, 3.8) is 0 Å². The number of pyridine rings is 1. The zero-order valence-electron chi connectivity index (χ0n) is 15.2. The molecule has 1 atom stereocenters. The number of nitrogens with one attached hydrogen (secondary N) is 1. The first-order valence-corrected chi connectivity index (χ1v) is 9.40. The van der Waals surface area contributed by atoms with Gasteiger partial charge < -0.3 is 15.0 Å². The van der Waals surface area contributed by atoms with Crippen LogP contribution in [0.4, 0.5) is 0 Å². The molecule has 0 bridgehead atoms. The van der Waals surface area contributed by atoms with E-state index in [1.807, 2.05) is 4.90 Å². The third-order valence-corrected chi connectivity index (χ3v) is 5.85. The van der Waals surface area contributed by atoms with Gasteiger partial charge >= 0.3 is 0 Å². The molecular weight excluding hydrogens is 330 g/mol. The molecule has 26 heavy (non-hydrogen) atoms. The number of fused-ring (bicyclic) bond motifs is 1. The molecule has 1 saturated carbocycles. The highest BCUT2D eigenvalue weighted by Crippen LogP contribution is 2.48. The molecule has 1 unspecified atom stereocenters. The zero-order chi connectivity index (χ0) is 18.1. The molecule has 0 radical (unpaired) electrons. The summed E-state index contributed by atoms with van der Waals surface area (Å²) in [4.78, 5) is 31.1. The van der Waals surface area contributed by atoms with E-state index in [1.165, 1.54) is 19.0 Å². The van der Waals surface area contributed by atoms with E-state index in [2.05, 4.69) is 16.4 Å². The van der Waals surface area contributed by atoms with Gasteiger partial charge in [-0.15, -0.1) is 0 Å². The van der Waals surface area contributed by atoms with Gasteiger partial charge in [0.05, 0.1) is 12.7 Å². The number of likely N-dealkylation sites (tertiary alicyclic amines) is 1. The second-order valence-corrected chi connectivity index (χ2v) is 7.63. The number of aromatic nitrogens is 1. The van der Waals surface area contributed by atoms with Crippen molar-refractivity contribution in [3.8, 4) is 5.88 Å². The average molecular weight is 355 g/mol. The number of piperidine rings is 1. The number of rotatable bonds is 6. The fourth-order valence-corrected chi connectivity index (χ4v) is 4.11. The first-order chi connectivity index (χ1) is 12.6. The van der Waals surface area contributed by atoms with Crippen LogP contribution in [-0.4, -0.2) is 41.9 Å². The molecule has 6 heteroatoms. The molecule has 1 aromatic rings. The lowest BCUT2D eigenvalue weighted by molar-refractivity contribution is -0.133. The molecule has 2 heterocycles. The number of amides is 2. The Morgan fingerprint density at radius 1 is 1.38 bits per heavy atom. The van der Waals surface area contributed by atoms with Crippen molar-refractivity contribution in [1.29, 1.82) is 0 Å². The maximum atomic E-state index is 12.5. The van der Waals surface area contributed by atoms with Crippen molar-refractivity contribution in [2.75, 3.05) is 20.2 Å². The number of carbonyl (C=O) groups is 2. The van der Waals surface area contributed by atoms with Crippen LogP contribution in [0.25, 0.3) is 0 Å². The van der Waals surface area contributed by atoms with Gasteiger partial charge in [-0.1, -0.05) is 6.08 Å². The summed E-state index contributed by atoms with van der Waals surface area (Å²) >= 11 is 0. The zero-order valence-corrected chi connectivity index (χ0v) is 15.2. The van der Waals surface area contributed by atoms with Crippen molar-refractivity contribution >= 4 is 11.8 Å². The summed E-state index contributed by atoms with van der Waals surface area (Å²) in [5, 5.41) is 3.07. The molecule has 4 rings (SSSR count). The molecule has 138 valence electrons. The van der Waals surface area contributed by atoms with Crippen LogP contribution in [0.3, 0.4) is 0 Å². The number of carbonyl (C=O) groups excluding carboxylic acids is 2. The van der Waals surface area contributed by atoms with Crippen molar-refractivity contribution in [3.05, 3.63) is 35.7 Å². The van der Waals surface area contributed by atoms with Gasteiger partial charge in [0, 0.05) is 42.9 Å². The van der Waals surface area contributed by atoms with E-state index in [0.29, 0.717) is 30.3 Å². The van der Waals surface area contributed by atoms with Crippen LogP contribution in [0.15, 0.2) is 30.1 Å². The quantitative estimate of drug-likeness (QED) is 0.851. The molecule has 1 aromatic heterocycles. The summed E-state index contributed by atoms with van der Waals surface area (Å²) in [6.07, 6.45) is 9.56. The van der Waals surface area contributed by atoms with Gasteiger partial charge in [-0.05, 0) is 44.1 Å². The van der Waals surface area contributed by atoms with Crippen molar-refractivity contribution < 1.29 is 14.3 Å². The first-order valence-electron chi connectivity index (χ1n) is 9.40. The Balaban J connectivity index is 1.45. The van der Waals surface area contributed by atoms with E-state index >= 15 is 0 Å². The molecule has 1 N–H and O–H groups in total. The van der Waals surface area contributed by atoms with Crippen molar-refractivity contribution in [2.24, 2.45) is 11.3 Å². The number of ether oxygens (including phenoxy) is 1. The molecule has 1 aliphatic heterocycles. The van der Waals surface area contributed by atoms with E-state index in [1.54, 1.807) is 19.2 Å². The molecule has 0 aromatic carbocycles. The minimum Gasteiger partial charge on any atom is -0.481 e. The maximum Gasteiger partial charge on any atom is 0.252 e. The van der Waals surface area contributed by atoms with Gasteiger partial charge in [0.2, 0.25) is 11.8 Å². The van der Waals surface area contributed by atoms with Gasteiger partial charge in [0.25, 0.3) is 5.91 Å². The Morgan fingerprint density at radius 2 is 2.23 bits per heavy atom. The summed E-state index contributed by atoms with van der Waals surface area (Å²) in [5.41, 5.74) is 1.57. The maximum absolute atomic E-state index is 12.5. The summed E-state index contributed by atoms with van der Waals surface area (Å²) < 4.78 is 5.03. The van der Waals surface area contributed by atoms with E-state index in [0.717, 1.165) is 31.5 Å². The average Bonchev–Trinajstić information content (AvgIpc) is 3.39. The van der Waals surface area contributed by atoms with E-state index in [4.69, 9.17) is 4.74 Å². The predicted octanol–water partition coefficient (Wildman–Crippen LogP) is 2.52. The van der Waals surface area contributed by atoms with Crippen LogP contribution in [0, 0.1) is 11.3 Å². The highest BCUT2D eigenvalue weighted by molar-refractivity contribution is 5.94. The largest absolute Gasteiger partial charge is 0.481 e. The Bertz CT molecular complexity index is 739. The SMILES string of the molecule is COc1ccc(C(=O)NCC23CCC=C2N(CC2CC2)C(=O)CC3)cn1. The van der Waals surface area contributed by atoms with Crippen LogP contribution >= 0.6 is 0 Å². The van der Waals surface area contributed by atoms with Crippen LogP contribution in [0.5, 0.6) is 5.88 Å². The number of hydrogen-bond acceptors (Lipinski definition) is 4. The molecule has 2 fully saturated rings. The van der Waals surface area contributed by atoms with Crippen LogP contribution in [-0.2, 0) is 4.79 Å². The lowest BCUT2D eigenvalue weighted by atomic mass is 9.76. The third kappa shape index (κ3) is 3.20. The Hall–Kier alpha value is -2.37. The number of methoxy groups -OCH3 is 1. The molecule has 6 nitrogen and oxygen atoms in total. The Morgan fingerprint density at radius 3 is 2.92 bits per heavy atom. The van der Waals surface area contributed by atoms with Crippen LogP contribution < -0.4 is 10.1 Å².